The summed E-state index contributed by atoms with van der Waals surface area (Å²) in [6, 6.07) is 8.94. The largest absolute Gasteiger partial charge is 0.491 e. The minimum absolute atomic E-state index is 0.232. The number of rotatable bonds is 4. The summed E-state index contributed by atoms with van der Waals surface area (Å²) in [5, 5.41) is 3.70. The van der Waals surface area contributed by atoms with Crippen LogP contribution in [0.5, 0.6) is 5.75 Å². The van der Waals surface area contributed by atoms with Crippen molar-refractivity contribution in [3.63, 3.8) is 0 Å². The van der Waals surface area contributed by atoms with Gasteiger partial charge in [0.15, 0.2) is 0 Å². The van der Waals surface area contributed by atoms with E-state index >= 15 is 0 Å². The van der Waals surface area contributed by atoms with Crippen LogP contribution < -0.4 is 10.1 Å². The number of hydrogen-bond acceptors (Lipinski definition) is 2. The lowest BCUT2D eigenvalue weighted by atomic mass is 9.73. The molecule has 19 heavy (non-hydrogen) atoms. The molecule has 0 saturated heterocycles. The average Bonchev–Trinajstić information content (AvgIpc) is 2.33. The molecule has 2 rings (SSSR count). The SMILES string of the molecule is CC(C)Oc1ccc(NC2CCCCC2(C)C)cc1. The van der Waals surface area contributed by atoms with Gasteiger partial charge in [0.2, 0.25) is 0 Å². The van der Waals surface area contributed by atoms with Crippen LogP contribution >= 0.6 is 0 Å². The summed E-state index contributed by atoms with van der Waals surface area (Å²) in [4.78, 5) is 0. The highest BCUT2D eigenvalue weighted by Gasteiger charge is 2.31. The van der Waals surface area contributed by atoms with E-state index in [9.17, 15) is 0 Å². The molecule has 1 aliphatic rings. The fourth-order valence-electron chi connectivity index (χ4n) is 2.86. The van der Waals surface area contributed by atoms with Gasteiger partial charge in [0, 0.05) is 11.7 Å². The van der Waals surface area contributed by atoms with Crippen LogP contribution in [0.3, 0.4) is 0 Å². The Morgan fingerprint density at radius 2 is 1.84 bits per heavy atom. The molecule has 1 atom stereocenters. The molecule has 1 unspecified atom stereocenters. The molecular formula is C17H27NO. The van der Waals surface area contributed by atoms with Gasteiger partial charge in [-0.25, -0.2) is 0 Å². The van der Waals surface area contributed by atoms with Gasteiger partial charge in [0.05, 0.1) is 6.10 Å². The van der Waals surface area contributed by atoms with Gasteiger partial charge in [-0.1, -0.05) is 26.7 Å². The molecule has 1 saturated carbocycles. The number of benzene rings is 1. The van der Waals surface area contributed by atoms with Crippen molar-refractivity contribution in [3.05, 3.63) is 24.3 Å². The van der Waals surface area contributed by atoms with Crippen molar-refractivity contribution in [2.24, 2.45) is 5.41 Å². The normalized spacial score (nSPS) is 22.3. The first-order valence-corrected chi connectivity index (χ1v) is 7.51. The third-order valence-corrected chi connectivity index (χ3v) is 4.07. The Bertz CT molecular complexity index is 394. The summed E-state index contributed by atoms with van der Waals surface area (Å²) in [5.74, 6) is 0.948. The van der Waals surface area contributed by atoms with Crippen LogP contribution in [0, 0.1) is 5.41 Å². The molecule has 0 bridgehead atoms. The van der Waals surface area contributed by atoms with Crippen molar-refractivity contribution in [2.45, 2.75) is 65.5 Å². The van der Waals surface area contributed by atoms with E-state index in [0.717, 1.165) is 5.75 Å². The second-order valence-corrected chi connectivity index (χ2v) is 6.62. The molecule has 0 spiro atoms. The van der Waals surface area contributed by atoms with Gasteiger partial charge in [0.25, 0.3) is 0 Å². The van der Waals surface area contributed by atoms with E-state index in [4.69, 9.17) is 4.74 Å². The topological polar surface area (TPSA) is 21.3 Å². The van der Waals surface area contributed by atoms with Crippen LogP contribution in [-0.4, -0.2) is 12.1 Å². The van der Waals surface area contributed by atoms with E-state index in [1.54, 1.807) is 0 Å². The van der Waals surface area contributed by atoms with Crippen LogP contribution in [0.25, 0.3) is 0 Å². The quantitative estimate of drug-likeness (QED) is 0.836. The second-order valence-electron chi connectivity index (χ2n) is 6.62. The minimum Gasteiger partial charge on any atom is -0.491 e. The molecule has 2 nitrogen and oxygen atoms in total. The van der Waals surface area contributed by atoms with E-state index < -0.39 is 0 Å². The zero-order valence-corrected chi connectivity index (χ0v) is 12.7. The number of anilines is 1. The number of ether oxygens (including phenoxy) is 1. The van der Waals surface area contributed by atoms with Crippen molar-refractivity contribution < 1.29 is 4.74 Å². The van der Waals surface area contributed by atoms with E-state index in [1.807, 2.05) is 0 Å². The molecule has 1 aliphatic carbocycles. The van der Waals surface area contributed by atoms with Crippen LogP contribution in [-0.2, 0) is 0 Å². The summed E-state index contributed by atoms with van der Waals surface area (Å²) in [6.07, 6.45) is 5.54. The monoisotopic (exact) mass is 261 g/mol. The molecule has 0 radical (unpaired) electrons. The molecule has 1 N–H and O–H groups in total. The molecule has 1 fully saturated rings. The van der Waals surface area contributed by atoms with Crippen molar-refractivity contribution >= 4 is 5.69 Å². The Balaban J connectivity index is 1.99. The van der Waals surface area contributed by atoms with Crippen LogP contribution in [0.4, 0.5) is 5.69 Å². The minimum atomic E-state index is 0.232. The second kappa shape index (κ2) is 5.85. The van der Waals surface area contributed by atoms with Crippen molar-refractivity contribution in [3.8, 4) is 5.75 Å². The molecule has 0 aromatic heterocycles. The third-order valence-electron chi connectivity index (χ3n) is 4.07. The molecule has 2 heteroatoms. The zero-order chi connectivity index (χ0) is 13.9. The van der Waals surface area contributed by atoms with Crippen molar-refractivity contribution in [1.29, 1.82) is 0 Å². The first-order chi connectivity index (χ1) is 8.97. The highest BCUT2D eigenvalue weighted by molar-refractivity contribution is 5.47. The van der Waals surface area contributed by atoms with E-state index in [0.29, 0.717) is 11.5 Å². The Hall–Kier alpha value is -1.18. The molecule has 106 valence electrons. The fraction of sp³-hybridized carbons (Fsp3) is 0.647. The Labute approximate surface area is 117 Å². The summed E-state index contributed by atoms with van der Waals surface area (Å²) in [6.45, 7) is 8.85. The van der Waals surface area contributed by atoms with Crippen LogP contribution in [0.2, 0.25) is 0 Å². The van der Waals surface area contributed by atoms with E-state index in [2.05, 4.69) is 57.3 Å². The molecule has 1 aromatic carbocycles. The molecule has 0 heterocycles. The lowest BCUT2D eigenvalue weighted by Crippen LogP contribution is -2.38. The standard InChI is InChI=1S/C17H27NO/c1-13(2)19-15-10-8-14(9-11-15)18-16-7-5-6-12-17(16,3)4/h8-11,13,16,18H,5-7,12H2,1-4H3. The van der Waals surface area contributed by atoms with E-state index in [1.165, 1.54) is 31.4 Å². The first-order valence-electron chi connectivity index (χ1n) is 7.51. The summed E-state index contributed by atoms with van der Waals surface area (Å²) in [5.41, 5.74) is 1.60. The van der Waals surface area contributed by atoms with Gasteiger partial charge in [-0.3, -0.25) is 0 Å². The number of nitrogens with one attached hydrogen (secondary N) is 1. The average molecular weight is 261 g/mol. The summed E-state index contributed by atoms with van der Waals surface area (Å²) in [7, 11) is 0. The third kappa shape index (κ3) is 3.89. The lowest BCUT2D eigenvalue weighted by molar-refractivity contribution is 0.217. The number of hydrogen-bond donors (Lipinski definition) is 1. The summed E-state index contributed by atoms with van der Waals surface area (Å²) < 4.78 is 5.67. The Morgan fingerprint density at radius 1 is 1.16 bits per heavy atom. The molecule has 0 amide bonds. The Kier molecular flexibility index (Phi) is 4.38. The molecule has 0 aliphatic heterocycles. The van der Waals surface area contributed by atoms with Gasteiger partial charge in [-0.15, -0.1) is 0 Å². The van der Waals surface area contributed by atoms with Gasteiger partial charge < -0.3 is 10.1 Å². The van der Waals surface area contributed by atoms with Gasteiger partial charge in [-0.05, 0) is 56.4 Å². The first kappa shape index (κ1) is 14.2. The predicted molar refractivity (Wildman–Crippen MR) is 81.9 cm³/mol. The smallest absolute Gasteiger partial charge is 0.119 e. The maximum atomic E-state index is 5.67. The zero-order valence-electron chi connectivity index (χ0n) is 12.7. The molecule has 1 aromatic rings. The van der Waals surface area contributed by atoms with Crippen molar-refractivity contribution in [2.75, 3.05) is 5.32 Å². The van der Waals surface area contributed by atoms with Crippen LogP contribution in [0.15, 0.2) is 24.3 Å². The lowest BCUT2D eigenvalue weighted by Gasteiger charge is -2.39. The summed E-state index contributed by atoms with van der Waals surface area (Å²) >= 11 is 0. The maximum absolute atomic E-state index is 5.67. The van der Waals surface area contributed by atoms with Crippen molar-refractivity contribution in [1.82, 2.24) is 0 Å². The van der Waals surface area contributed by atoms with Gasteiger partial charge in [0.1, 0.15) is 5.75 Å². The highest BCUT2D eigenvalue weighted by Crippen LogP contribution is 2.37. The Morgan fingerprint density at radius 3 is 2.42 bits per heavy atom. The fourth-order valence-corrected chi connectivity index (χ4v) is 2.86. The van der Waals surface area contributed by atoms with Gasteiger partial charge in [-0.2, -0.15) is 0 Å². The van der Waals surface area contributed by atoms with E-state index in [-0.39, 0.29) is 6.10 Å². The highest BCUT2D eigenvalue weighted by atomic mass is 16.5. The predicted octanol–water partition coefficient (Wildman–Crippen LogP) is 4.85. The van der Waals surface area contributed by atoms with Crippen LogP contribution in [0.1, 0.15) is 53.4 Å². The maximum Gasteiger partial charge on any atom is 0.119 e. The van der Waals surface area contributed by atoms with Gasteiger partial charge >= 0.3 is 0 Å². The molecular weight excluding hydrogens is 234 g/mol.